The first-order valence-electron chi connectivity index (χ1n) is 8.90. The molecule has 0 aliphatic heterocycles. The van der Waals surface area contributed by atoms with E-state index in [0.29, 0.717) is 24.4 Å². The molecule has 1 N–H and O–H groups in total. The Labute approximate surface area is 159 Å². The number of hydrogen-bond donors (Lipinski definition) is 1. The van der Waals surface area contributed by atoms with E-state index in [0.717, 1.165) is 11.3 Å². The first-order chi connectivity index (χ1) is 13.6. The quantitative estimate of drug-likeness (QED) is 0.529. The van der Waals surface area contributed by atoms with Gasteiger partial charge in [0.2, 0.25) is 5.78 Å². The van der Waals surface area contributed by atoms with Gasteiger partial charge in [-0.1, -0.05) is 30.3 Å². The van der Waals surface area contributed by atoms with Crippen LogP contribution in [0.3, 0.4) is 0 Å². The van der Waals surface area contributed by atoms with Gasteiger partial charge < -0.3 is 14.4 Å². The zero-order valence-corrected chi connectivity index (χ0v) is 15.0. The predicted octanol–water partition coefficient (Wildman–Crippen LogP) is 2.14. The van der Waals surface area contributed by atoms with E-state index >= 15 is 0 Å². The summed E-state index contributed by atoms with van der Waals surface area (Å²) in [5.41, 5.74) is 1.34. The molecule has 0 fully saturated rings. The summed E-state index contributed by atoms with van der Waals surface area (Å²) >= 11 is 0. The van der Waals surface area contributed by atoms with Gasteiger partial charge in [0.1, 0.15) is 18.1 Å². The lowest BCUT2D eigenvalue weighted by Crippen LogP contribution is -2.23. The lowest BCUT2D eigenvalue weighted by atomic mass is 10.2. The summed E-state index contributed by atoms with van der Waals surface area (Å²) in [5.74, 6) is 0.191. The standard InChI is InChI=1S/C20H18N4O4/c25-18(26)11-10-15-19(27)24-17-9-5-4-8-16(17)23(20(24)22-21-15)12-13-28-14-6-2-1-3-7-14/h1-9H,10-13H2,(H,25,26). The fraction of sp³-hybridized carbons (Fsp3) is 0.200. The Bertz CT molecular complexity index is 1200. The summed E-state index contributed by atoms with van der Waals surface area (Å²) in [6.07, 6.45) is -0.125. The lowest BCUT2D eigenvalue weighted by Gasteiger charge is -2.08. The topological polar surface area (TPSA) is 98.7 Å². The van der Waals surface area contributed by atoms with Gasteiger partial charge in [-0.2, -0.15) is 0 Å². The fourth-order valence-electron chi connectivity index (χ4n) is 3.17. The second-order valence-corrected chi connectivity index (χ2v) is 6.28. The van der Waals surface area contributed by atoms with Gasteiger partial charge in [-0.15, -0.1) is 10.2 Å². The highest BCUT2D eigenvalue weighted by molar-refractivity contribution is 5.80. The van der Waals surface area contributed by atoms with Crippen molar-refractivity contribution in [1.82, 2.24) is 19.2 Å². The number of nitrogens with zero attached hydrogens (tertiary/aromatic N) is 4. The molecule has 4 aromatic rings. The second kappa shape index (κ2) is 7.51. The van der Waals surface area contributed by atoms with E-state index < -0.39 is 5.97 Å². The maximum Gasteiger partial charge on any atom is 0.303 e. The van der Waals surface area contributed by atoms with Gasteiger partial charge >= 0.3 is 5.97 Å². The number of aryl methyl sites for hydroxylation is 1. The van der Waals surface area contributed by atoms with Crippen molar-refractivity contribution in [3.05, 3.63) is 70.6 Å². The van der Waals surface area contributed by atoms with E-state index in [4.69, 9.17) is 9.84 Å². The minimum Gasteiger partial charge on any atom is -0.492 e. The summed E-state index contributed by atoms with van der Waals surface area (Å²) < 4.78 is 9.15. The summed E-state index contributed by atoms with van der Waals surface area (Å²) in [6.45, 7) is 0.878. The van der Waals surface area contributed by atoms with Gasteiger partial charge in [0.05, 0.1) is 24.0 Å². The molecule has 0 unspecified atom stereocenters. The van der Waals surface area contributed by atoms with Crippen LogP contribution < -0.4 is 10.3 Å². The van der Waals surface area contributed by atoms with Crippen molar-refractivity contribution >= 4 is 22.8 Å². The molecular formula is C20H18N4O4. The molecule has 0 saturated carbocycles. The van der Waals surface area contributed by atoms with Crippen LogP contribution in [0.1, 0.15) is 12.1 Å². The molecule has 0 aliphatic rings. The Morgan fingerprint density at radius 2 is 1.71 bits per heavy atom. The second-order valence-electron chi connectivity index (χ2n) is 6.28. The number of fused-ring (bicyclic) bond motifs is 3. The average molecular weight is 378 g/mol. The van der Waals surface area contributed by atoms with Crippen molar-refractivity contribution in [2.24, 2.45) is 0 Å². The molecule has 2 heterocycles. The number of imidazole rings is 1. The molecule has 142 valence electrons. The molecule has 0 bridgehead atoms. The number of rotatable bonds is 7. The van der Waals surface area contributed by atoms with Crippen LogP contribution in [0, 0.1) is 0 Å². The van der Waals surface area contributed by atoms with Crippen molar-refractivity contribution < 1.29 is 14.6 Å². The van der Waals surface area contributed by atoms with Gasteiger partial charge in [0, 0.05) is 6.42 Å². The summed E-state index contributed by atoms with van der Waals surface area (Å²) in [5, 5.41) is 17.1. The van der Waals surface area contributed by atoms with Crippen molar-refractivity contribution in [3.8, 4) is 5.75 Å². The van der Waals surface area contributed by atoms with Crippen molar-refractivity contribution in [2.75, 3.05) is 6.61 Å². The van der Waals surface area contributed by atoms with Gasteiger partial charge in [-0.25, -0.2) is 4.40 Å². The van der Waals surface area contributed by atoms with Crippen LogP contribution in [0.5, 0.6) is 5.75 Å². The Hall–Kier alpha value is -3.68. The molecule has 2 aromatic heterocycles. The molecular weight excluding hydrogens is 360 g/mol. The summed E-state index contributed by atoms with van der Waals surface area (Å²) in [6, 6.07) is 17.0. The minimum absolute atomic E-state index is 0.0424. The normalized spacial score (nSPS) is 11.1. The number of hydrogen-bond acceptors (Lipinski definition) is 5. The van der Waals surface area contributed by atoms with Crippen LogP contribution >= 0.6 is 0 Å². The minimum atomic E-state index is -0.980. The SMILES string of the molecule is O=C(O)CCc1nnc2n(CCOc3ccccc3)c3ccccc3n2c1=O. The van der Waals surface area contributed by atoms with Gasteiger partial charge in [0.15, 0.2) is 0 Å². The van der Waals surface area contributed by atoms with Gasteiger partial charge in [-0.05, 0) is 24.3 Å². The number of carbonyl (C=O) groups is 1. The molecule has 0 radical (unpaired) electrons. The van der Waals surface area contributed by atoms with Gasteiger partial charge in [0.25, 0.3) is 5.56 Å². The summed E-state index contributed by atoms with van der Waals surface area (Å²) in [4.78, 5) is 23.7. The van der Waals surface area contributed by atoms with E-state index in [1.165, 1.54) is 4.40 Å². The van der Waals surface area contributed by atoms with Crippen molar-refractivity contribution in [2.45, 2.75) is 19.4 Å². The van der Waals surface area contributed by atoms with E-state index in [9.17, 15) is 9.59 Å². The molecule has 0 aliphatic carbocycles. The van der Waals surface area contributed by atoms with Crippen LogP contribution in [0.4, 0.5) is 0 Å². The molecule has 8 nitrogen and oxygen atoms in total. The third-order valence-corrected chi connectivity index (χ3v) is 4.47. The number of para-hydroxylation sites is 3. The van der Waals surface area contributed by atoms with Gasteiger partial charge in [-0.3, -0.25) is 9.59 Å². The molecule has 0 amide bonds. The molecule has 0 saturated heterocycles. The van der Waals surface area contributed by atoms with Crippen LogP contribution in [0.2, 0.25) is 0 Å². The number of benzene rings is 2. The first kappa shape index (κ1) is 17.7. The monoisotopic (exact) mass is 378 g/mol. The largest absolute Gasteiger partial charge is 0.492 e. The molecule has 4 rings (SSSR count). The van der Waals surface area contributed by atoms with Crippen molar-refractivity contribution in [3.63, 3.8) is 0 Å². The van der Waals surface area contributed by atoms with E-state index in [1.807, 2.05) is 59.2 Å². The average Bonchev–Trinajstić information content (AvgIpc) is 3.03. The highest BCUT2D eigenvalue weighted by Gasteiger charge is 2.16. The number of carboxylic acid groups (broad SMARTS) is 1. The molecule has 0 atom stereocenters. The fourth-order valence-corrected chi connectivity index (χ4v) is 3.17. The number of aromatic nitrogens is 4. The smallest absolute Gasteiger partial charge is 0.303 e. The number of carboxylic acids is 1. The Kier molecular flexibility index (Phi) is 4.76. The van der Waals surface area contributed by atoms with E-state index in [2.05, 4.69) is 10.2 Å². The number of aliphatic carboxylic acids is 1. The maximum atomic E-state index is 12.9. The lowest BCUT2D eigenvalue weighted by molar-refractivity contribution is -0.136. The third kappa shape index (κ3) is 3.32. The van der Waals surface area contributed by atoms with Crippen LogP contribution in [0.15, 0.2) is 59.4 Å². The zero-order valence-electron chi connectivity index (χ0n) is 15.0. The van der Waals surface area contributed by atoms with Crippen molar-refractivity contribution in [1.29, 1.82) is 0 Å². The molecule has 8 heteroatoms. The first-order valence-corrected chi connectivity index (χ1v) is 8.90. The number of ether oxygens (including phenoxy) is 1. The summed E-state index contributed by atoms with van der Waals surface area (Å²) in [7, 11) is 0. The predicted molar refractivity (Wildman–Crippen MR) is 103 cm³/mol. The zero-order chi connectivity index (χ0) is 19.5. The van der Waals surface area contributed by atoms with E-state index in [-0.39, 0.29) is 24.1 Å². The Morgan fingerprint density at radius 1 is 1.00 bits per heavy atom. The molecule has 0 spiro atoms. The Morgan fingerprint density at radius 3 is 2.46 bits per heavy atom. The van der Waals surface area contributed by atoms with Crippen LogP contribution in [0.25, 0.3) is 16.8 Å². The maximum absolute atomic E-state index is 12.9. The van der Waals surface area contributed by atoms with Crippen LogP contribution in [-0.2, 0) is 17.8 Å². The Balaban J connectivity index is 1.72. The van der Waals surface area contributed by atoms with Crippen LogP contribution in [-0.4, -0.2) is 36.8 Å². The third-order valence-electron chi connectivity index (χ3n) is 4.47. The van der Waals surface area contributed by atoms with E-state index in [1.54, 1.807) is 0 Å². The molecule has 2 aromatic carbocycles. The highest BCUT2D eigenvalue weighted by atomic mass is 16.5. The molecule has 28 heavy (non-hydrogen) atoms. The highest BCUT2D eigenvalue weighted by Crippen LogP contribution is 2.18.